The van der Waals surface area contributed by atoms with Crippen LogP contribution in [0.25, 0.3) is 10.9 Å². The van der Waals surface area contributed by atoms with Crippen molar-refractivity contribution < 1.29 is 9.18 Å². The molecular weight excluding hydrogens is 337 g/mol. The zero-order chi connectivity index (χ0) is 17.2. The van der Waals surface area contributed by atoms with Crippen LogP contribution in [-0.4, -0.2) is 53.5 Å². The number of thioether (sulfide) groups is 1. The van der Waals surface area contributed by atoms with Gasteiger partial charge in [-0.25, -0.2) is 4.39 Å². The van der Waals surface area contributed by atoms with E-state index < -0.39 is 0 Å². The highest BCUT2D eigenvalue weighted by atomic mass is 32.2. The van der Waals surface area contributed by atoms with E-state index in [0.29, 0.717) is 5.56 Å². The molecule has 2 aliphatic rings. The van der Waals surface area contributed by atoms with Crippen LogP contribution in [0.1, 0.15) is 29.6 Å². The number of hydrogen-bond acceptors (Lipinski definition) is 4. The number of benzene rings is 1. The molecule has 4 nitrogen and oxygen atoms in total. The minimum Gasteiger partial charge on any atom is -0.369 e. The molecule has 1 amide bonds. The third-order valence-electron chi connectivity index (χ3n) is 5.00. The number of pyridine rings is 1. The first-order chi connectivity index (χ1) is 12.2. The summed E-state index contributed by atoms with van der Waals surface area (Å²) in [4.78, 5) is 21.8. The molecule has 2 fully saturated rings. The van der Waals surface area contributed by atoms with E-state index in [2.05, 4.69) is 9.88 Å². The van der Waals surface area contributed by atoms with E-state index in [-0.39, 0.29) is 11.7 Å². The molecule has 0 saturated carbocycles. The largest absolute Gasteiger partial charge is 0.369 e. The minimum atomic E-state index is -0.287. The topological polar surface area (TPSA) is 36.4 Å². The molecule has 25 heavy (non-hydrogen) atoms. The maximum Gasteiger partial charge on any atom is 0.257 e. The fraction of sp³-hybridized carbons (Fsp3) is 0.474. The van der Waals surface area contributed by atoms with Crippen LogP contribution in [0.3, 0.4) is 0 Å². The highest BCUT2D eigenvalue weighted by Crippen LogP contribution is 2.33. The smallest absolute Gasteiger partial charge is 0.257 e. The van der Waals surface area contributed by atoms with Crippen molar-refractivity contribution >= 4 is 34.3 Å². The van der Waals surface area contributed by atoms with Gasteiger partial charge in [-0.1, -0.05) is 0 Å². The summed E-state index contributed by atoms with van der Waals surface area (Å²) < 4.78 is 13.9. The number of aromatic nitrogens is 1. The van der Waals surface area contributed by atoms with Gasteiger partial charge in [-0.2, -0.15) is 11.8 Å². The molecule has 2 aromatic rings. The second kappa shape index (κ2) is 7.20. The number of fused-ring (bicyclic) bond motifs is 1. The number of halogens is 1. The van der Waals surface area contributed by atoms with E-state index in [1.165, 1.54) is 18.6 Å². The summed E-state index contributed by atoms with van der Waals surface area (Å²) in [5, 5.41) is 0.745. The first-order valence-corrected chi connectivity index (χ1v) is 10.1. The van der Waals surface area contributed by atoms with Gasteiger partial charge in [0.15, 0.2) is 0 Å². The Morgan fingerprint density at radius 1 is 1.08 bits per heavy atom. The molecular formula is C19H22FN3OS. The average Bonchev–Trinajstić information content (AvgIpc) is 2.68. The molecule has 0 radical (unpaired) electrons. The summed E-state index contributed by atoms with van der Waals surface area (Å²) in [6, 6.07) is 4.64. The Kier molecular flexibility index (Phi) is 4.79. The van der Waals surface area contributed by atoms with E-state index in [1.807, 2.05) is 16.7 Å². The number of amides is 1. The Labute approximate surface area is 151 Å². The van der Waals surface area contributed by atoms with Crippen molar-refractivity contribution in [2.75, 3.05) is 42.6 Å². The Balaban J connectivity index is 1.82. The number of anilines is 1. The van der Waals surface area contributed by atoms with Crippen LogP contribution >= 0.6 is 11.8 Å². The van der Waals surface area contributed by atoms with Gasteiger partial charge in [-0.15, -0.1) is 0 Å². The SMILES string of the molecule is O=C(c1cnc2ccc(F)cc2c1N1CCSCC1)N1CCCCC1. The van der Waals surface area contributed by atoms with Gasteiger partial charge in [-0.05, 0) is 37.5 Å². The van der Waals surface area contributed by atoms with Crippen LogP contribution in [0, 0.1) is 5.82 Å². The molecule has 132 valence electrons. The lowest BCUT2D eigenvalue weighted by atomic mass is 10.0. The number of rotatable bonds is 2. The van der Waals surface area contributed by atoms with E-state index >= 15 is 0 Å². The summed E-state index contributed by atoms with van der Waals surface area (Å²) in [5.74, 6) is 1.79. The Bertz CT molecular complexity index is 786. The van der Waals surface area contributed by atoms with Crippen molar-refractivity contribution in [2.45, 2.75) is 19.3 Å². The average molecular weight is 359 g/mol. The van der Waals surface area contributed by atoms with Crippen molar-refractivity contribution in [1.82, 2.24) is 9.88 Å². The number of likely N-dealkylation sites (tertiary alicyclic amines) is 1. The molecule has 0 spiro atoms. The summed E-state index contributed by atoms with van der Waals surface area (Å²) in [6.45, 7) is 3.35. The Morgan fingerprint density at radius 2 is 1.84 bits per heavy atom. The molecule has 0 N–H and O–H groups in total. The van der Waals surface area contributed by atoms with Crippen molar-refractivity contribution in [1.29, 1.82) is 0 Å². The van der Waals surface area contributed by atoms with Crippen molar-refractivity contribution in [3.05, 3.63) is 35.8 Å². The van der Waals surface area contributed by atoms with Gasteiger partial charge < -0.3 is 9.80 Å². The second-order valence-electron chi connectivity index (χ2n) is 6.63. The standard InChI is InChI=1S/C19H22FN3OS/c20-14-4-5-17-15(12-14)18(22-8-10-25-11-9-22)16(13-21-17)19(24)23-6-2-1-3-7-23/h4-5,12-13H,1-3,6-11H2. The number of nitrogens with zero attached hydrogens (tertiary/aromatic N) is 3. The van der Waals surface area contributed by atoms with Crippen LogP contribution in [0.2, 0.25) is 0 Å². The first-order valence-electron chi connectivity index (χ1n) is 8.94. The number of piperidine rings is 1. The van der Waals surface area contributed by atoms with Crippen molar-refractivity contribution in [3.8, 4) is 0 Å². The summed E-state index contributed by atoms with van der Waals surface area (Å²) >= 11 is 1.92. The lowest BCUT2D eigenvalue weighted by molar-refractivity contribution is 0.0724. The Hall–Kier alpha value is -1.82. The number of hydrogen-bond donors (Lipinski definition) is 0. The molecule has 0 bridgehead atoms. The Morgan fingerprint density at radius 3 is 2.60 bits per heavy atom. The number of carbonyl (C=O) groups excluding carboxylic acids is 1. The lowest BCUT2D eigenvalue weighted by Crippen LogP contribution is -2.38. The van der Waals surface area contributed by atoms with Crippen LogP contribution in [0.15, 0.2) is 24.4 Å². The summed E-state index contributed by atoms with van der Waals surface area (Å²) in [5.41, 5.74) is 2.22. The summed E-state index contributed by atoms with van der Waals surface area (Å²) in [6.07, 6.45) is 4.98. The van der Waals surface area contributed by atoms with Gasteiger partial charge in [0.05, 0.1) is 16.8 Å². The minimum absolute atomic E-state index is 0.0339. The molecule has 1 aromatic heterocycles. The molecule has 2 aliphatic heterocycles. The fourth-order valence-electron chi connectivity index (χ4n) is 3.70. The zero-order valence-electron chi connectivity index (χ0n) is 14.2. The predicted octanol–water partition coefficient (Wildman–Crippen LogP) is 3.55. The maximum atomic E-state index is 13.9. The normalized spacial score (nSPS) is 18.6. The van der Waals surface area contributed by atoms with Crippen LogP contribution in [-0.2, 0) is 0 Å². The molecule has 6 heteroatoms. The van der Waals surface area contributed by atoms with Gasteiger partial charge in [0.25, 0.3) is 5.91 Å². The van der Waals surface area contributed by atoms with E-state index in [0.717, 1.165) is 67.1 Å². The first kappa shape index (κ1) is 16.6. The predicted molar refractivity (Wildman–Crippen MR) is 101 cm³/mol. The summed E-state index contributed by atoms with van der Waals surface area (Å²) in [7, 11) is 0. The van der Waals surface area contributed by atoms with Crippen molar-refractivity contribution in [2.24, 2.45) is 0 Å². The lowest BCUT2D eigenvalue weighted by Gasteiger charge is -2.33. The zero-order valence-corrected chi connectivity index (χ0v) is 15.0. The van der Waals surface area contributed by atoms with Crippen LogP contribution in [0.5, 0.6) is 0 Å². The van der Waals surface area contributed by atoms with Gasteiger partial charge in [-0.3, -0.25) is 9.78 Å². The monoisotopic (exact) mass is 359 g/mol. The molecule has 0 unspecified atom stereocenters. The van der Waals surface area contributed by atoms with Gasteiger partial charge in [0.1, 0.15) is 5.82 Å². The fourth-order valence-corrected chi connectivity index (χ4v) is 4.61. The van der Waals surface area contributed by atoms with Gasteiger partial charge in [0, 0.05) is 49.3 Å². The molecule has 2 saturated heterocycles. The van der Waals surface area contributed by atoms with E-state index in [4.69, 9.17) is 0 Å². The molecule has 4 rings (SSSR count). The van der Waals surface area contributed by atoms with Crippen LogP contribution in [0.4, 0.5) is 10.1 Å². The molecule has 0 aliphatic carbocycles. The molecule has 3 heterocycles. The van der Waals surface area contributed by atoms with Gasteiger partial charge in [0.2, 0.25) is 0 Å². The molecule has 1 aromatic carbocycles. The van der Waals surface area contributed by atoms with E-state index in [1.54, 1.807) is 12.3 Å². The highest BCUT2D eigenvalue weighted by molar-refractivity contribution is 7.99. The third kappa shape index (κ3) is 3.32. The quantitative estimate of drug-likeness (QED) is 0.822. The molecule has 0 atom stereocenters. The third-order valence-corrected chi connectivity index (χ3v) is 5.95. The van der Waals surface area contributed by atoms with Crippen LogP contribution < -0.4 is 4.90 Å². The van der Waals surface area contributed by atoms with Crippen molar-refractivity contribution in [3.63, 3.8) is 0 Å². The van der Waals surface area contributed by atoms with Gasteiger partial charge >= 0.3 is 0 Å². The van der Waals surface area contributed by atoms with E-state index in [9.17, 15) is 9.18 Å². The number of carbonyl (C=O) groups is 1. The highest BCUT2D eigenvalue weighted by Gasteiger charge is 2.26. The second-order valence-corrected chi connectivity index (χ2v) is 7.86. The maximum absolute atomic E-state index is 13.9.